The van der Waals surface area contributed by atoms with Gasteiger partial charge in [-0.05, 0) is 43.3 Å². The van der Waals surface area contributed by atoms with Crippen molar-refractivity contribution in [1.82, 2.24) is 5.32 Å². The number of nitrogens with one attached hydrogen (secondary N) is 1. The predicted octanol–water partition coefficient (Wildman–Crippen LogP) is 4.27. The molecule has 2 rings (SSSR count). The Kier molecular flexibility index (Phi) is 6.79. The number of amides is 1. The minimum Gasteiger partial charge on any atom is -0.497 e. The molecule has 0 fully saturated rings. The van der Waals surface area contributed by atoms with Crippen molar-refractivity contribution in [2.45, 2.75) is 13.0 Å². The fourth-order valence-corrected chi connectivity index (χ4v) is 2.81. The second-order valence-electron chi connectivity index (χ2n) is 5.29. The summed E-state index contributed by atoms with van der Waals surface area (Å²) < 4.78 is 16.0. The van der Waals surface area contributed by atoms with Crippen LogP contribution in [0.1, 0.15) is 18.5 Å². The summed E-state index contributed by atoms with van der Waals surface area (Å²) in [4.78, 5) is 12.1. The van der Waals surface area contributed by atoms with E-state index in [4.69, 9.17) is 37.4 Å². The second kappa shape index (κ2) is 8.83. The lowest BCUT2D eigenvalue weighted by molar-refractivity contribution is -0.123. The van der Waals surface area contributed by atoms with Crippen LogP contribution in [0.15, 0.2) is 36.4 Å². The van der Waals surface area contributed by atoms with E-state index in [-0.39, 0.29) is 18.6 Å². The molecule has 0 radical (unpaired) electrons. The zero-order valence-corrected chi connectivity index (χ0v) is 15.6. The average Bonchev–Trinajstić information content (AvgIpc) is 2.58. The lowest BCUT2D eigenvalue weighted by Crippen LogP contribution is -2.31. The third-order valence-corrected chi connectivity index (χ3v) is 3.92. The maximum atomic E-state index is 12.1. The van der Waals surface area contributed by atoms with Gasteiger partial charge in [0.1, 0.15) is 17.2 Å². The molecule has 0 saturated heterocycles. The van der Waals surface area contributed by atoms with Crippen LogP contribution >= 0.6 is 23.2 Å². The van der Waals surface area contributed by atoms with E-state index in [0.29, 0.717) is 27.3 Å². The molecule has 0 unspecified atom stereocenters. The van der Waals surface area contributed by atoms with E-state index in [1.54, 1.807) is 44.6 Å². The predicted molar refractivity (Wildman–Crippen MR) is 98.1 cm³/mol. The zero-order chi connectivity index (χ0) is 18.4. The van der Waals surface area contributed by atoms with Gasteiger partial charge in [0.15, 0.2) is 6.61 Å². The molecular formula is C18H19Cl2NO4. The SMILES string of the molecule is COc1ccc(OC)c([C@H](C)NC(=O)COc2cc(Cl)cc(Cl)c2)c1. The molecular weight excluding hydrogens is 365 g/mol. The van der Waals surface area contributed by atoms with Gasteiger partial charge in [-0.2, -0.15) is 0 Å². The summed E-state index contributed by atoms with van der Waals surface area (Å²) in [6.45, 7) is 1.69. The van der Waals surface area contributed by atoms with Crippen LogP contribution in [-0.4, -0.2) is 26.7 Å². The van der Waals surface area contributed by atoms with E-state index in [9.17, 15) is 4.79 Å². The maximum Gasteiger partial charge on any atom is 0.258 e. The van der Waals surface area contributed by atoms with Gasteiger partial charge in [0.25, 0.3) is 5.91 Å². The number of carbonyl (C=O) groups is 1. The van der Waals surface area contributed by atoms with Crippen molar-refractivity contribution in [3.63, 3.8) is 0 Å². The van der Waals surface area contributed by atoms with Crippen molar-refractivity contribution in [2.75, 3.05) is 20.8 Å². The summed E-state index contributed by atoms with van der Waals surface area (Å²) in [6, 6.07) is 9.90. The molecule has 7 heteroatoms. The molecule has 0 aliphatic heterocycles. The Bertz CT molecular complexity index is 732. The summed E-state index contributed by atoms with van der Waals surface area (Å²) in [5.41, 5.74) is 0.806. The van der Waals surface area contributed by atoms with Crippen LogP contribution in [0.5, 0.6) is 17.2 Å². The highest BCUT2D eigenvalue weighted by molar-refractivity contribution is 6.34. The maximum absolute atomic E-state index is 12.1. The van der Waals surface area contributed by atoms with Crippen LogP contribution in [0.2, 0.25) is 10.0 Å². The highest BCUT2D eigenvalue weighted by atomic mass is 35.5. The number of ether oxygens (including phenoxy) is 3. The molecule has 2 aromatic rings. The normalized spacial score (nSPS) is 11.6. The molecule has 1 amide bonds. The van der Waals surface area contributed by atoms with Crippen molar-refractivity contribution in [2.24, 2.45) is 0 Å². The molecule has 134 valence electrons. The number of carbonyl (C=O) groups excluding carboxylic acids is 1. The van der Waals surface area contributed by atoms with E-state index >= 15 is 0 Å². The molecule has 0 saturated carbocycles. The largest absolute Gasteiger partial charge is 0.497 e. The molecule has 5 nitrogen and oxygen atoms in total. The average molecular weight is 384 g/mol. The highest BCUT2D eigenvalue weighted by Crippen LogP contribution is 2.29. The van der Waals surface area contributed by atoms with Gasteiger partial charge >= 0.3 is 0 Å². The lowest BCUT2D eigenvalue weighted by Gasteiger charge is -2.18. The summed E-state index contributed by atoms with van der Waals surface area (Å²) in [6.07, 6.45) is 0. The van der Waals surface area contributed by atoms with Gasteiger partial charge < -0.3 is 19.5 Å². The molecule has 25 heavy (non-hydrogen) atoms. The van der Waals surface area contributed by atoms with Crippen LogP contribution in [0.4, 0.5) is 0 Å². The minimum atomic E-state index is -0.288. The summed E-state index contributed by atoms with van der Waals surface area (Å²) in [7, 11) is 3.16. The highest BCUT2D eigenvalue weighted by Gasteiger charge is 2.15. The van der Waals surface area contributed by atoms with Gasteiger partial charge in [0.2, 0.25) is 0 Å². The molecule has 0 aliphatic rings. The van der Waals surface area contributed by atoms with Crippen LogP contribution < -0.4 is 19.5 Å². The Morgan fingerprint density at radius 2 is 1.72 bits per heavy atom. The van der Waals surface area contributed by atoms with Gasteiger partial charge in [0, 0.05) is 15.6 Å². The summed E-state index contributed by atoms with van der Waals surface area (Å²) >= 11 is 11.8. The zero-order valence-electron chi connectivity index (χ0n) is 14.1. The van der Waals surface area contributed by atoms with Crippen LogP contribution in [0.3, 0.4) is 0 Å². The Hall–Kier alpha value is -2.11. The standard InChI is InChI=1S/C18H19Cl2NO4/c1-11(16-9-14(23-2)4-5-17(16)24-3)21-18(22)10-25-15-7-12(19)6-13(20)8-15/h4-9,11H,10H2,1-3H3,(H,21,22)/t11-/m0/s1. The first-order chi connectivity index (χ1) is 11.9. The lowest BCUT2D eigenvalue weighted by atomic mass is 10.1. The first-order valence-electron chi connectivity index (χ1n) is 7.53. The van der Waals surface area contributed by atoms with Crippen molar-refractivity contribution < 1.29 is 19.0 Å². The molecule has 0 aliphatic carbocycles. The van der Waals surface area contributed by atoms with Gasteiger partial charge in [-0.15, -0.1) is 0 Å². The number of methoxy groups -OCH3 is 2. The molecule has 1 atom stereocenters. The van der Waals surface area contributed by atoms with Crippen molar-refractivity contribution >= 4 is 29.1 Å². The Morgan fingerprint density at radius 3 is 2.32 bits per heavy atom. The second-order valence-corrected chi connectivity index (χ2v) is 6.16. The first kappa shape index (κ1) is 19.2. The van der Waals surface area contributed by atoms with Crippen LogP contribution in [-0.2, 0) is 4.79 Å². The fraction of sp³-hybridized carbons (Fsp3) is 0.278. The van der Waals surface area contributed by atoms with Gasteiger partial charge in [-0.1, -0.05) is 23.2 Å². The number of hydrogen-bond acceptors (Lipinski definition) is 4. The van der Waals surface area contributed by atoms with E-state index < -0.39 is 0 Å². The van der Waals surface area contributed by atoms with Crippen LogP contribution in [0, 0.1) is 0 Å². The Labute approximate surface area is 156 Å². The molecule has 1 N–H and O–H groups in total. The van der Waals surface area contributed by atoms with Crippen LogP contribution in [0.25, 0.3) is 0 Å². The van der Waals surface area contributed by atoms with E-state index in [1.807, 2.05) is 13.0 Å². The number of benzene rings is 2. The summed E-state index contributed by atoms with van der Waals surface area (Å²) in [5, 5.41) is 3.74. The van der Waals surface area contributed by atoms with Crippen molar-refractivity contribution in [1.29, 1.82) is 0 Å². The topological polar surface area (TPSA) is 56.8 Å². The molecule has 0 heterocycles. The quantitative estimate of drug-likeness (QED) is 0.775. The molecule has 0 bridgehead atoms. The van der Waals surface area contributed by atoms with E-state index in [0.717, 1.165) is 5.56 Å². The third kappa shape index (κ3) is 5.44. The molecule has 2 aromatic carbocycles. The summed E-state index contributed by atoms with van der Waals surface area (Å²) in [5.74, 6) is 1.49. The van der Waals surface area contributed by atoms with Gasteiger partial charge in [0.05, 0.1) is 20.3 Å². The van der Waals surface area contributed by atoms with E-state index in [2.05, 4.69) is 5.32 Å². The van der Waals surface area contributed by atoms with Crippen molar-refractivity contribution in [3.05, 3.63) is 52.0 Å². The van der Waals surface area contributed by atoms with E-state index in [1.165, 1.54) is 0 Å². The Morgan fingerprint density at radius 1 is 1.04 bits per heavy atom. The first-order valence-corrected chi connectivity index (χ1v) is 8.28. The Balaban J connectivity index is 2.00. The van der Waals surface area contributed by atoms with Crippen molar-refractivity contribution in [3.8, 4) is 17.2 Å². The minimum absolute atomic E-state index is 0.159. The number of halogens is 2. The third-order valence-electron chi connectivity index (χ3n) is 3.49. The fourth-order valence-electron chi connectivity index (χ4n) is 2.30. The monoisotopic (exact) mass is 383 g/mol. The van der Waals surface area contributed by atoms with Gasteiger partial charge in [-0.3, -0.25) is 4.79 Å². The molecule has 0 aromatic heterocycles. The number of hydrogen-bond donors (Lipinski definition) is 1. The smallest absolute Gasteiger partial charge is 0.258 e. The molecule has 0 spiro atoms. The van der Waals surface area contributed by atoms with Gasteiger partial charge in [-0.25, -0.2) is 0 Å². The number of rotatable bonds is 7.